The van der Waals surface area contributed by atoms with E-state index in [-0.39, 0.29) is 19.8 Å². The summed E-state index contributed by atoms with van der Waals surface area (Å²) < 4.78 is 10.3. The molecule has 1 atom stereocenters. The Hall–Kier alpha value is -2.28. The molecule has 0 aliphatic rings. The average molecular weight is 338 g/mol. The maximum Gasteiger partial charge on any atom is 0.410 e. The zero-order valence-corrected chi connectivity index (χ0v) is 14.6. The quantitative estimate of drug-likeness (QED) is 0.830. The molecule has 0 spiro atoms. The van der Waals surface area contributed by atoms with Gasteiger partial charge in [0.2, 0.25) is 0 Å². The first-order chi connectivity index (χ1) is 11.2. The van der Waals surface area contributed by atoms with E-state index in [1.54, 1.807) is 20.8 Å². The number of carbonyl (C=O) groups is 2. The van der Waals surface area contributed by atoms with Crippen LogP contribution in [0.15, 0.2) is 30.3 Å². The van der Waals surface area contributed by atoms with Gasteiger partial charge in [-0.3, -0.25) is 0 Å². The number of benzene rings is 1. The Kier molecular flexibility index (Phi) is 7.51. The van der Waals surface area contributed by atoms with Crippen molar-refractivity contribution in [1.29, 1.82) is 0 Å². The first kappa shape index (κ1) is 19.8. The number of nitrogens with one attached hydrogen (secondary N) is 1. The number of hydrogen-bond donors (Lipinski definition) is 2. The molecule has 1 aromatic rings. The molecule has 2 amide bonds. The minimum atomic E-state index is -0.657. The Morgan fingerprint density at radius 2 is 1.88 bits per heavy atom. The minimum Gasteiger partial charge on any atom is -0.445 e. The molecular formula is C17H26N2O5. The molecule has 0 saturated heterocycles. The molecule has 0 aromatic heterocycles. The molecule has 0 aliphatic carbocycles. The number of ether oxygens (including phenoxy) is 2. The van der Waals surface area contributed by atoms with Crippen LogP contribution >= 0.6 is 0 Å². The maximum atomic E-state index is 11.9. The van der Waals surface area contributed by atoms with E-state index in [0.717, 1.165) is 5.56 Å². The van der Waals surface area contributed by atoms with Gasteiger partial charge in [0.15, 0.2) is 0 Å². The number of aliphatic hydroxyl groups is 1. The van der Waals surface area contributed by atoms with Gasteiger partial charge in [0, 0.05) is 13.6 Å². The third-order valence-electron chi connectivity index (χ3n) is 2.95. The van der Waals surface area contributed by atoms with Crippen LogP contribution in [0.1, 0.15) is 26.3 Å². The lowest BCUT2D eigenvalue weighted by atomic mass is 10.2. The lowest BCUT2D eigenvalue weighted by Crippen LogP contribution is -2.47. The Morgan fingerprint density at radius 3 is 2.42 bits per heavy atom. The van der Waals surface area contributed by atoms with E-state index in [2.05, 4.69) is 5.32 Å². The van der Waals surface area contributed by atoms with Gasteiger partial charge in [0.1, 0.15) is 12.2 Å². The van der Waals surface area contributed by atoms with Gasteiger partial charge in [-0.25, -0.2) is 9.59 Å². The van der Waals surface area contributed by atoms with E-state index in [1.807, 2.05) is 30.3 Å². The molecule has 2 N–H and O–H groups in total. The smallest absolute Gasteiger partial charge is 0.410 e. The van der Waals surface area contributed by atoms with E-state index < -0.39 is 23.8 Å². The first-order valence-corrected chi connectivity index (χ1v) is 7.73. The third-order valence-corrected chi connectivity index (χ3v) is 2.95. The molecule has 0 radical (unpaired) electrons. The van der Waals surface area contributed by atoms with E-state index in [4.69, 9.17) is 9.47 Å². The minimum absolute atomic E-state index is 0.103. The standard InChI is InChI=1S/C17H26N2O5/c1-17(2,3)24-16(22)19(4)10-14(11-20)18-15(21)23-12-13-8-6-5-7-9-13/h5-9,14,20H,10-12H2,1-4H3,(H,18,21)/t14-/m1/s1. The predicted octanol–water partition coefficient (Wildman–Crippen LogP) is 2.14. The van der Waals surface area contributed by atoms with Crippen LogP contribution in [0.3, 0.4) is 0 Å². The van der Waals surface area contributed by atoms with E-state index in [9.17, 15) is 14.7 Å². The Labute approximate surface area is 142 Å². The summed E-state index contributed by atoms with van der Waals surface area (Å²) in [5, 5.41) is 11.9. The number of nitrogens with zero attached hydrogens (tertiary/aromatic N) is 1. The molecule has 0 heterocycles. The number of aliphatic hydroxyl groups excluding tert-OH is 1. The highest BCUT2D eigenvalue weighted by atomic mass is 16.6. The molecule has 24 heavy (non-hydrogen) atoms. The van der Waals surface area contributed by atoms with Crippen LogP contribution in [0.25, 0.3) is 0 Å². The van der Waals surface area contributed by atoms with Gasteiger partial charge in [-0.05, 0) is 26.3 Å². The SMILES string of the molecule is CN(C[C@H](CO)NC(=O)OCc1ccccc1)C(=O)OC(C)(C)C. The molecule has 1 rings (SSSR count). The highest BCUT2D eigenvalue weighted by molar-refractivity contribution is 5.69. The zero-order valence-electron chi connectivity index (χ0n) is 14.6. The number of carbonyl (C=O) groups excluding carboxylic acids is 2. The van der Waals surface area contributed by atoms with Gasteiger partial charge in [-0.1, -0.05) is 30.3 Å². The summed E-state index contributed by atoms with van der Waals surface area (Å²) in [6.07, 6.45) is -1.18. The van der Waals surface area contributed by atoms with Crippen LogP contribution in [0.2, 0.25) is 0 Å². The van der Waals surface area contributed by atoms with Crippen LogP contribution in [0.5, 0.6) is 0 Å². The third kappa shape index (κ3) is 7.82. The van der Waals surface area contributed by atoms with Gasteiger partial charge in [0.25, 0.3) is 0 Å². The van der Waals surface area contributed by atoms with Crippen molar-refractivity contribution in [1.82, 2.24) is 10.2 Å². The van der Waals surface area contributed by atoms with Crippen molar-refractivity contribution in [3.05, 3.63) is 35.9 Å². The van der Waals surface area contributed by atoms with E-state index in [0.29, 0.717) is 0 Å². The lowest BCUT2D eigenvalue weighted by molar-refractivity contribution is 0.0267. The van der Waals surface area contributed by atoms with Crippen LogP contribution < -0.4 is 5.32 Å². The summed E-state index contributed by atoms with van der Waals surface area (Å²) >= 11 is 0. The fourth-order valence-corrected chi connectivity index (χ4v) is 1.83. The first-order valence-electron chi connectivity index (χ1n) is 7.73. The number of amides is 2. The molecule has 0 bridgehead atoms. The van der Waals surface area contributed by atoms with Crippen LogP contribution in [0.4, 0.5) is 9.59 Å². The Morgan fingerprint density at radius 1 is 1.25 bits per heavy atom. The molecular weight excluding hydrogens is 312 g/mol. The average Bonchev–Trinajstić information content (AvgIpc) is 2.51. The second-order valence-electron chi connectivity index (χ2n) is 6.45. The summed E-state index contributed by atoms with van der Waals surface area (Å²) in [6, 6.07) is 8.61. The van der Waals surface area contributed by atoms with Crippen LogP contribution in [-0.2, 0) is 16.1 Å². The molecule has 0 saturated carbocycles. The maximum absolute atomic E-state index is 11.9. The summed E-state index contributed by atoms with van der Waals surface area (Å²) in [5.41, 5.74) is 0.251. The van der Waals surface area contributed by atoms with Crippen molar-refractivity contribution in [3.8, 4) is 0 Å². The van der Waals surface area contributed by atoms with E-state index in [1.165, 1.54) is 11.9 Å². The molecule has 0 unspecified atom stereocenters. The molecule has 7 heteroatoms. The number of alkyl carbamates (subject to hydrolysis) is 1. The molecule has 1 aromatic carbocycles. The van der Waals surface area contributed by atoms with Gasteiger partial charge >= 0.3 is 12.2 Å². The van der Waals surface area contributed by atoms with Crippen LogP contribution in [0, 0.1) is 0 Å². The number of likely N-dealkylation sites (N-methyl/N-ethyl adjacent to an activating group) is 1. The Bertz CT molecular complexity index is 528. The second-order valence-corrected chi connectivity index (χ2v) is 6.45. The van der Waals surface area contributed by atoms with Crippen molar-refractivity contribution < 1.29 is 24.2 Å². The summed E-state index contributed by atoms with van der Waals surface area (Å²) in [7, 11) is 1.54. The van der Waals surface area contributed by atoms with Crippen molar-refractivity contribution >= 4 is 12.2 Å². The topological polar surface area (TPSA) is 88.1 Å². The van der Waals surface area contributed by atoms with Gasteiger partial charge in [-0.2, -0.15) is 0 Å². The highest BCUT2D eigenvalue weighted by Gasteiger charge is 2.22. The Balaban J connectivity index is 2.42. The fourth-order valence-electron chi connectivity index (χ4n) is 1.83. The summed E-state index contributed by atoms with van der Waals surface area (Å²) in [6.45, 7) is 5.20. The van der Waals surface area contributed by atoms with Gasteiger partial charge < -0.3 is 24.8 Å². The zero-order chi connectivity index (χ0) is 18.2. The van der Waals surface area contributed by atoms with Gasteiger partial charge in [0.05, 0.1) is 12.6 Å². The van der Waals surface area contributed by atoms with E-state index >= 15 is 0 Å². The molecule has 0 fully saturated rings. The molecule has 7 nitrogen and oxygen atoms in total. The molecule has 134 valence electrons. The summed E-state index contributed by atoms with van der Waals surface area (Å²) in [5.74, 6) is 0. The predicted molar refractivity (Wildman–Crippen MR) is 89.5 cm³/mol. The normalized spacial score (nSPS) is 12.2. The second kappa shape index (κ2) is 9.12. The van der Waals surface area contributed by atoms with Crippen LogP contribution in [-0.4, -0.2) is 54.0 Å². The van der Waals surface area contributed by atoms with Crippen molar-refractivity contribution in [3.63, 3.8) is 0 Å². The fraction of sp³-hybridized carbons (Fsp3) is 0.529. The number of rotatable bonds is 6. The van der Waals surface area contributed by atoms with Gasteiger partial charge in [-0.15, -0.1) is 0 Å². The van der Waals surface area contributed by atoms with Crippen molar-refractivity contribution in [2.75, 3.05) is 20.2 Å². The highest BCUT2D eigenvalue weighted by Crippen LogP contribution is 2.09. The van der Waals surface area contributed by atoms with Crippen molar-refractivity contribution in [2.24, 2.45) is 0 Å². The largest absolute Gasteiger partial charge is 0.445 e. The van der Waals surface area contributed by atoms with Crippen molar-refractivity contribution in [2.45, 2.75) is 39.0 Å². The number of hydrogen-bond acceptors (Lipinski definition) is 5. The monoisotopic (exact) mass is 338 g/mol. The molecule has 0 aliphatic heterocycles. The lowest BCUT2D eigenvalue weighted by Gasteiger charge is -2.27. The summed E-state index contributed by atoms with van der Waals surface area (Å²) in [4.78, 5) is 25.0.